The minimum Gasteiger partial charge on any atom is -0.342 e. The van der Waals surface area contributed by atoms with Gasteiger partial charge in [-0.2, -0.15) is 0 Å². The van der Waals surface area contributed by atoms with E-state index in [4.69, 9.17) is 5.73 Å². The van der Waals surface area contributed by atoms with E-state index in [-0.39, 0.29) is 41.1 Å². The van der Waals surface area contributed by atoms with Crippen LogP contribution in [0.2, 0.25) is 0 Å². The minimum absolute atomic E-state index is 0.0124. The molecule has 9 N–H and O–H groups in total. The number of nitrogens with one attached hydrogen (secondary N) is 7. The van der Waals surface area contributed by atoms with E-state index in [1.807, 2.05) is 78.8 Å². The maximum absolute atomic E-state index is 14.2. The topological polar surface area (TPSA) is 230 Å². The molecule has 2 rings (SSSR count). The number of rotatable bonds is 14. The van der Waals surface area contributed by atoms with Crippen LogP contribution in [0, 0.1) is 29.6 Å². The highest BCUT2D eigenvalue weighted by atomic mass is 33.1. The van der Waals surface area contributed by atoms with Gasteiger partial charge in [0.1, 0.15) is 36.3 Å². The second kappa shape index (κ2) is 26.3. The molecule has 0 saturated carbocycles. The first kappa shape index (κ1) is 52.0. The van der Waals surface area contributed by atoms with Gasteiger partial charge in [0, 0.05) is 17.7 Å². The van der Waals surface area contributed by atoms with Gasteiger partial charge in [-0.25, -0.2) is 0 Å². The molecule has 17 heteroatoms. The molecular weight excluding hydrogens is 805 g/mol. The average molecular weight is 875 g/mol. The van der Waals surface area contributed by atoms with Crippen LogP contribution in [-0.4, -0.2) is 95.1 Å². The molecule has 0 bridgehead atoms. The Kier molecular flexibility index (Phi) is 22.8. The number of nitrogens with two attached hydrogens (primary N) is 1. The van der Waals surface area contributed by atoms with Gasteiger partial charge < -0.3 is 43.0 Å². The lowest BCUT2D eigenvalue weighted by Crippen LogP contribution is -2.63. The lowest BCUT2D eigenvalue weighted by Gasteiger charge is -2.33. The van der Waals surface area contributed by atoms with Crippen LogP contribution in [0.15, 0.2) is 36.5 Å². The molecule has 1 aromatic carbocycles. The summed E-state index contributed by atoms with van der Waals surface area (Å²) < 4.78 is 0. The Morgan fingerprint density at radius 3 is 1.47 bits per heavy atom. The first-order valence-corrected chi connectivity index (χ1v) is 23.7. The quantitative estimate of drug-likeness (QED) is 0.127. The zero-order valence-corrected chi connectivity index (χ0v) is 38.6. The largest absolute Gasteiger partial charge is 0.342 e. The van der Waals surface area contributed by atoms with Crippen LogP contribution in [0.25, 0.3) is 6.08 Å². The van der Waals surface area contributed by atoms with Gasteiger partial charge in [-0.3, -0.25) is 33.6 Å². The number of benzene rings is 1. The van der Waals surface area contributed by atoms with Crippen LogP contribution in [0.1, 0.15) is 100 Å². The van der Waals surface area contributed by atoms with Crippen molar-refractivity contribution in [3.63, 3.8) is 0 Å². The predicted octanol–water partition coefficient (Wildman–Crippen LogP) is 3.25. The number of amides is 7. The normalized spacial score (nSPS) is 25.6. The van der Waals surface area contributed by atoms with E-state index in [0.717, 1.165) is 5.56 Å². The van der Waals surface area contributed by atoms with E-state index in [0.29, 0.717) is 25.7 Å². The average Bonchev–Trinajstić information content (AvgIpc) is 3.24. The fourth-order valence-electron chi connectivity index (χ4n) is 6.11. The summed E-state index contributed by atoms with van der Waals surface area (Å²) in [6.45, 7) is 18.3. The van der Waals surface area contributed by atoms with Crippen molar-refractivity contribution in [2.24, 2.45) is 35.3 Å². The smallest absolute Gasteiger partial charge is 0.247 e. The summed E-state index contributed by atoms with van der Waals surface area (Å²) in [5.74, 6) is -5.71. The van der Waals surface area contributed by atoms with Gasteiger partial charge in [-0.1, -0.05) is 147 Å². The molecule has 336 valence electrons. The Morgan fingerprint density at radius 1 is 0.650 bits per heavy atom. The monoisotopic (exact) mass is 874 g/mol. The second-order valence-electron chi connectivity index (χ2n) is 16.2. The van der Waals surface area contributed by atoms with Crippen molar-refractivity contribution in [2.45, 2.75) is 137 Å². The number of hydrogen-bond donors (Lipinski definition) is 8. The molecule has 11 atom stereocenters. The Bertz CT molecular complexity index is 1620. The standard InChI is InChI=1S/C43H70N8O7S2/c1-11-25(7)33-40(55)47-30(37(52)45-21-20-29-18-16-15-17-19-29)22-59-60-23-31(46-39(54)32(44)24(5)6)38(53)48-34(26(8)12-2)41(56)50-36(28(10)14-4)43(58)51-35(27(9)13-3)42(57)49-33/h15-21,24-28,30-36H,11-14,22-23,44H2,1-10H3,(H,45,52)(H,46,54)(H,47,55)(H,48,53)(H,49,57)(H,50,56)(H,51,58)/b21-20+/t25?,26?,27?,28?,30-,31-,32+,33+,34+,35+,36+/m1/s1. The summed E-state index contributed by atoms with van der Waals surface area (Å²) in [5, 5.41) is 19.8. The molecule has 15 nitrogen and oxygen atoms in total. The summed E-state index contributed by atoms with van der Waals surface area (Å²) in [6.07, 6.45) is 5.22. The number of carbonyl (C=O) groups excluding carboxylic acids is 7. The maximum atomic E-state index is 14.2. The van der Waals surface area contributed by atoms with Gasteiger partial charge in [0.25, 0.3) is 0 Å². The summed E-state index contributed by atoms with van der Waals surface area (Å²) in [4.78, 5) is 97.6. The summed E-state index contributed by atoms with van der Waals surface area (Å²) in [5.41, 5.74) is 7.01. The zero-order valence-electron chi connectivity index (χ0n) is 37.0. The van der Waals surface area contributed by atoms with E-state index < -0.39 is 83.6 Å². The van der Waals surface area contributed by atoms with E-state index in [9.17, 15) is 33.6 Å². The molecular formula is C43H70N8O7S2. The van der Waals surface area contributed by atoms with Crippen LogP contribution >= 0.6 is 21.6 Å². The third kappa shape index (κ3) is 16.1. The lowest BCUT2D eigenvalue weighted by atomic mass is 9.92. The fourth-order valence-corrected chi connectivity index (χ4v) is 8.43. The lowest BCUT2D eigenvalue weighted by molar-refractivity contribution is -0.137. The molecule has 0 radical (unpaired) electrons. The van der Waals surface area contributed by atoms with Crippen molar-refractivity contribution in [3.8, 4) is 0 Å². The summed E-state index contributed by atoms with van der Waals surface area (Å²) >= 11 is 0. The Labute approximate surface area is 364 Å². The molecule has 1 saturated heterocycles. The molecule has 0 aliphatic carbocycles. The fraction of sp³-hybridized carbons (Fsp3) is 0.651. The minimum atomic E-state index is -1.14. The third-order valence-corrected chi connectivity index (χ3v) is 13.7. The van der Waals surface area contributed by atoms with E-state index in [1.165, 1.54) is 27.8 Å². The van der Waals surface area contributed by atoms with E-state index in [2.05, 4.69) is 37.2 Å². The van der Waals surface area contributed by atoms with E-state index in [1.54, 1.807) is 26.8 Å². The maximum Gasteiger partial charge on any atom is 0.247 e. The summed E-state index contributed by atoms with van der Waals surface area (Å²) in [6, 6.07) is 1.88. The van der Waals surface area contributed by atoms with Gasteiger partial charge in [0.15, 0.2) is 0 Å². The Balaban J connectivity index is 2.68. The van der Waals surface area contributed by atoms with Gasteiger partial charge in [-0.05, 0) is 41.2 Å². The Morgan fingerprint density at radius 2 is 1.05 bits per heavy atom. The van der Waals surface area contributed by atoms with Crippen LogP contribution in [-0.2, 0) is 33.6 Å². The van der Waals surface area contributed by atoms with Gasteiger partial charge in [0.05, 0.1) is 6.04 Å². The molecule has 1 aliphatic rings. The molecule has 1 fully saturated rings. The van der Waals surface area contributed by atoms with Crippen LogP contribution in [0.5, 0.6) is 0 Å². The molecule has 0 spiro atoms. The number of hydrogen-bond acceptors (Lipinski definition) is 10. The highest BCUT2D eigenvalue weighted by Gasteiger charge is 2.38. The molecule has 1 heterocycles. The van der Waals surface area contributed by atoms with Crippen molar-refractivity contribution in [2.75, 3.05) is 11.5 Å². The van der Waals surface area contributed by atoms with Crippen molar-refractivity contribution in [3.05, 3.63) is 42.1 Å². The molecule has 1 aliphatic heterocycles. The van der Waals surface area contributed by atoms with Crippen LogP contribution in [0.3, 0.4) is 0 Å². The third-order valence-electron chi connectivity index (χ3n) is 11.3. The highest BCUT2D eigenvalue weighted by Crippen LogP contribution is 2.24. The molecule has 7 amide bonds. The SMILES string of the molecule is CCC(C)[C@@H]1NC(=O)[C@H](C(C)CC)NC(=O)[C@H](C(C)CC)NC(=O)[C@H](NC(=O)[C@@H](N)C(C)C)CSSC[C@H](C(=O)N/C=C/c2ccccc2)NC(=O)[C@H](C(C)CC)NC1=O. The summed E-state index contributed by atoms with van der Waals surface area (Å²) in [7, 11) is 2.39. The first-order valence-electron chi connectivity index (χ1n) is 21.2. The van der Waals surface area contributed by atoms with Crippen LogP contribution in [0.4, 0.5) is 0 Å². The molecule has 60 heavy (non-hydrogen) atoms. The van der Waals surface area contributed by atoms with Gasteiger partial charge in [0.2, 0.25) is 41.4 Å². The van der Waals surface area contributed by atoms with Crippen molar-refractivity contribution < 1.29 is 33.6 Å². The molecule has 1 aromatic rings. The second-order valence-corrected chi connectivity index (χ2v) is 18.8. The zero-order chi connectivity index (χ0) is 45.1. The molecule has 4 unspecified atom stereocenters. The predicted molar refractivity (Wildman–Crippen MR) is 241 cm³/mol. The van der Waals surface area contributed by atoms with Gasteiger partial charge in [-0.15, -0.1) is 0 Å². The highest BCUT2D eigenvalue weighted by molar-refractivity contribution is 8.76. The van der Waals surface area contributed by atoms with Crippen LogP contribution < -0.4 is 43.0 Å². The van der Waals surface area contributed by atoms with E-state index >= 15 is 0 Å². The Hall–Kier alpha value is -4.09. The van der Waals surface area contributed by atoms with Gasteiger partial charge >= 0.3 is 0 Å². The van der Waals surface area contributed by atoms with Crippen molar-refractivity contribution >= 4 is 69.0 Å². The first-order chi connectivity index (χ1) is 28.4. The molecule has 0 aromatic heterocycles. The van der Waals surface area contributed by atoms with Crippen molar-refractivity contribution in [1.29, 1.82) is 0 Å². The van der Waals surface area contributed by atoms with Crippen molar-refractivity contribution in [1.82, 2.24) is 37.2 Å². The number of carbonyl (C=O) groups is 7.